The molecule has 1 N–H and O–H groups in total. The van der Waals surface area contributed by atoms with Gasteiger partial charge in [-0.25, -0.2) is 0 Å². The Bertz CT molecular complexity index is 321. The second-order valence-corrected chi connectivity index (χ2v) is 1.75. The smallest absolute Gasteiger partial charge is 0.271 e. The molecule has 1 heterocycles. The van der Waals surface area contributed by atoms with Crippen molar-refractivity contribution < 1.29 is 4.79 Å². The summed E-state index contributed by atoms with van der Waals surface area (Å²) in [6.07, 6.45) is 0. The molecule has 0 saturated carbocycles. The monoisotopic (exact) mass is 152 g/mol. The minimum Gasteiger partial charge on any atom is -0.285 e. The van der Waals surface area contributed by atoms with Gasteiger partial charge in [0.25, 0.3) is 5.91 Å². The van der Waals surface area contributed by atoms with Gasteiger partial charge in [0.15, 0.2) is 5.69 Å². The average molecular weight is 152 g/mol. The van der Waals surface area contributed by atoms with E-state index in [0.717, 1.165) is 0 Å². The first-order valence-corrected chi connectivity index (χ1v) is 2.72. The van der Waals surface area contributed by atoms with Crippen molar-refractivity contribution in [2.75, 3.05) is 0 Å². The molecule has 0 spiro atoms. The van der Waals surface area contributed by atoms with E-state index in [1.165, 1.54) is 0 Å². The number of aryl methyl sites for hydroxylation is 1. The highest BCUT2D eigenvalue weighted by Crippen LogP contribution is 1.99. The van der Waals surface area contributed by atoms with Gasteiger partial charge in [-0.2, -0.15) is 15.4 Å². The Morgan fingerprint density at radius 3 is 2.91 bits per heavy atom. The summed E-state index contributed by atoms with van der Waals surface area (Å²) in [7, 11) is 0. The van der Waals surface area contributed by atoms with Crippen LogP contribution in [0.4, 0.5) is 0 Å². The third kappa shape index (κ3) is 1.33. The fraction of sp³-hybridized carbons (Fsp3) is 0.250. The first-order valence-electron chi connectivity index (χ1n) is 2.72. The Hall–Kier alpha value is -1.88. The lowest BCUT2D eigenvalue weighted by atomic mass is 10.3. The molecule has 7 heteroatoms. The van der Waals surface area contributed by atoms with Crippen LogP contribution in [0.15, 0.2) is 5.11 Å². The van der Waals surface area contributed by atoms with E-state index in [-0.39, 0.29) is 5.69 Å². The van der Waals surface area contributed by atoms with E-state index in [4.69, 9.17) is 5.53 Å². The number of H-pyrrole nitrogens is 1. The summed E-state index contributed by atoms with van der Waals surface area (Å²) in [4.78, 5) is 13.1. The van der Waals surface area contributed by atoms with E-state index in [2.05, 4.69) is 25.4 Å². The third-order valence-electron chi connectivity index (χ3n) is 1.06. The SMILES string of the molecule is Cc1n[nH]nc1C(=O)N=[N+]=[N-]. The Morgan fingerprint density at radius 1 is 1.73 bits per heavy atom. The molecular weight excluding hydrogens is 148 g/mol. The molecule has 0 fully saturated rings. The summed E-state index contributed by atoms with van der Waals surface area (Å²) in [6, 6.07) is 0. The van der Waals surface area contributed by atoms with Crippen molar-refractivity contribution in [3.05, 3.63) is 21.8 Å². The molecule has 56 valence electrons. The van der Waals surface area contributed by atoms with Crippen LogP contribution in [-0.4, -0.2) is 21.3 Å². The third-order valence-corrected chi connectivity index (χ3v) is 1.06. The van der Waals surface area contributed by atoms with Gasteiger partial charge in [0.05, 0.1) is 5.69 Å². The normalized spacial score (nSPS) is 8.82. The molecule has 0 atom stereocenters. The van der Waals surface area contributed by atoms with Gasteiger partial charge < -0.3 is 0 Å². The van der Waals surface area contributed by atoms with Crippen LogP contribution in [0.25, 0.3) is 10.4 Å². The Kier molecular flexibility index (Phi) is 1.84. The fourth-order valence-electron chi connectivity index (χ4n) is 0.574. The van der Waals surface area contributed by atoms with Gasteiger partial charge in [-0.05, 0) is 17.6 Å². The van der Waals surface area contributed by atoms with Crippen LogP contribution in [0, 0.1) is 6.92 Å². The van der Waals surface area contributed by atoms with Gasteiger partial charge >= 0.3 is 0 Å². The predicted octanol–water partition coefficient (Wildman–Crippen LogP) is 0.564. The van der Waals surface area contributed by atoms with Crippen molar-refractivity contribution in [1.29, 1.82) is 0 Å². The summed E-state index contributed by atoms with van der Waals surface area (Å²) in [6.45, 7) is 1.59. The summed E-state index contributed by atoms with van der Waals surface area (Å²) in [5.41, 5.74) is 8.38. The van der Waals surface area contributed by atoms with Gasteiger partial charge in [-0.1, -0.05) is 0 Å². The van der Waals surface area contributed by atoms with Gasteiger partial charge in [-0.15, -0.1) is 0 Å². The predicted molar refractivity (Wildman–Crippen MR) is 34.6 cm³/mol. The van der Waals surface area contributed by atoms with Gasteiger partial charge in [0, 0.05) is 4.91 Å². The number of carbonyl (C=O) groups is 1. The Morgan fingerprint density at radius 2 is 2.45 bits per heavy atom. The molecule has 11 heavy (non-hydrogen) atoms. The molecule has 0 radical (unpaired) electrons. The van der Waals surface area contributed by atoms with Crippen LogP contribution in [0.3, 0.4) is 0 Å². The molecule has 7 nitrogen and oxygen atoms in total. The summed E-state index contributed by atoms with van der Waals surface area (Å²) in [5.74, 6) is -0.723. The second kappa shape index (κ2) is 2.80. The first kappa shape index (κ1) is 7.23. The van der Waals surface area contributed by atoms with E-state index >= 15 is 0 Å². The number of hydrogen-bond acceptors (Lipinski definition) is 3. The lowest BCUT2D eigenvalue weighted by Gasteiger charge is -1.83. The van der Waals surface area contributed by atoms with Crippen LogP contribution in [0.5, 0.6) is 0 Å². The summed E-state index contributed by atoms with van der Waals surface area (Å²) >= 11 is 0. The van der Waals surface area contributed by atoms with E-state index in [1.807, 2.05) is 0 Å². The number of carbonyl (C=O) groups excluding carboxylic acids is 1. The fourth-order valence-corrected chi connectivity index (χ4v) is 0.574. The van der Waals surface area contributed by atoms with E-state index in [0.29, 0.717) is 5.69 Å². The van der Waals surface area contributed by atoms with Crippen molar-refractivity contribution in [3.8, 4) is 0 Å². The molecule has 0 saturated heterocycles. The molecule has 0 aliphatic heterocycles. The van der Waals surface area contributed by atoms with Crippen molar-refractivity contribution in [2.45, 2.75) is 6.92 Å². The van der Waals surface area contributed by atoms with Crippen molar-refractivity contribution in [3.63, 3.8) is 0 Å². The number of azide groups is 1. The largest absolute Gasteiger partial charge is 0.285 e. The molecule has 0 aromatic carbocycles. The van der Waals surface area contributed by atoms with Crippen molar-refractivity contribution >= 4 is 5.91 Å². The molecule has 1 amide bonds. The Balaban J connectivity index is 3.02. The minimum atomic E-state index is -0.723. The standard InChI is InChI=1S/C4H4N6O/c1-2-3(7-10-6-2)4(11)8-9-5/h1H3,(H,6,7,10). The van der Waals surface area contributed by atoms with Gasteiger partial charge in [0.2, 0.25) is 0 Å². The highest BCUT2D eigenvalue weighted by molar-refractivity contribution is 5.93. The summed E-state index contributed by atoms with van der Waals surface area (Å²) in [5, 5.41) is 12.1. The van der Waals surface area contributed by atoms with Crippen LogP contribution in [0.2, 0.25) is 0 Å². The molecule has 1 rings (SSSR count). The lowest BCUT2D eigenvalue weighted by molar-refractivity contribution is 0.0995. The van der Waals surface area contributed by atoms with Crippen LogP contribution < -0.4 is 0 Å². The topological polar surface area (TPSA) is 107 Å². The lowest BCUT2D eigenvalue weighted by Crippen LogP contribution is -1.96. The number of amides is 1. The number of nitrogens with zero attached hydrogens (tertiary/aromatic N) is 5. The zero-order valence-corrected chi connectivity index (χ0v) is 5.64. The molecule has 0 unspecified atom stereocenters. The van der Waals surface area contributed by atoms with Crippen LogP contribution >= 0.6 is 0 Å². The maximum atomic E-state index is 10.8. The molecule has 1 aromatic heterocycles. The van der Waals surface area contributed by atoms with E-state index < -0.39 is 5.91 Å². The van der Waals surface area contributed by atoms with Gasteiger partial charge in [-0.3, -0.25) is 4.79 Å². The molecule has 0 aliphatic carbocycles. The zero-order chi connectivity index (χ0) is 8.27. The number of hydrogen-bond donors (Lipinski definition) is 1. The van der Waals surface area contributed by atoms with Gasteiger partial charge in [0.1, 0.15) is 0 Å². The number of rotatable bonds is 1. The van der Waals surface area contributed by atoms with E-state index in [1.54, 1.807) is 6.92 Å². The van der Waals surface area contributed by atoms with E-state index in [9.17, 15) is 4.79 Å². The average Bonchev–Trinajstić information content (AvgIpc) is 2.36. The molecular formula is C4H4N6O. The Labute approximate surface area is 61.0 Å². The quantitative estimate of drug-likeness (QED) is 0.360. The number of aromatic nitrogens is 3. The first-order chi connectivity index (χ1) is 5.25. The van der Waals surface area contributed by atoms with Crippen molar-refractivity contribution in [1.82, 2.24) is 15.4 Å². The zero-order valence-electron chi connectivity index (χ0n) is 5.64. The maximum Gasteiger partial charge on any atom is 0.271 e. The molecule has 0 bridgehead atoms. The second-order valence-electron chi connectivity index (χ2n) is 1.75. The maximum absolute atomic E-state index is 10.8. The number of nitrogens with one attached hydrogen (secondary N) is 1. The van der Waals surface area contributed by atoms with Crippen molar-refractivity contribution in [2.24, 2.45) is 5.11 Å². The summed E-state index contributed by atoms with van der Waals surface area (Å²) < 4.78 is 0. The van der Waals surface area contributed by atoms with Crippen LogP contribution in [-0.2, 0) is 0 Å². The highest BCUT2D eigenvalue weighted by Gasteiger charge is 2.09. The molecule has 0 aliphatic rings. The molecule has 1 aromatic rings. The highest BCUT2D eigenvalue weighted by atomic mass is 16.2. The minimum absolute atomic E-state index is 0.0581. The van der Waals surface area contributed by atoms with Crippen LogP contribution in [0.1, 0.15) is 16.2 Å². The number of aromatic amines is 1.